The fourth-order valence-corrected chi connectivity index (χ4v) is 4.45. The number of imide groups is 1. The maximum Gasteiger partial charge on any atom is 0.259 e. The van der Waals surface area contributed by atoms with Gasteiger partial charge in [0.15, 0.2) is 0 Å². The van der Waals surface area contributed by atoms with Gasteiger partial charge in [-0.25, -0.2) is 4.98 Å². The number of amides is 2. The molecule has 0 saturated heterocycles. The van der Waals surface area contributed by atoms with E-state index in [4.69, 9.17) is 9.47 Å². The second-order valence-electron chi connectivity index (χ2n) is 8.01. The molecule has 8 nitrogen and oxygen atoms in total. The van der Waals surface area contributed by atoms with Crippen LogP contribution < -0.4 is 14.8 Å². The van der Waals surface area contributed by atoms with Crippen LogP contribution in [-0.2, 0) is 22.7 Å². The number of nitrogens with one attached hydrogen (secondary N) is 1. The molecule has 4 aromatic rings. The number of hydrogen-bond acceptors (Lipinski definition) is 5. The number of ether oxygens (including phenoxy) is 2. The van der Waals surface area contributed by atoms with Crippen molar-refractivity contribution in [2.75, 3.05) is 14.2 Å². The number of carbonyl (C=O) groups excluding carboxylic acids is 2. The van der Waals surface area contributed by atoms with E-state index in [0.717, 1.165) is 30.4 Å². The Labute approximate surface area is 196 Å². The van der Waals surface area contributed by atoms with Gasteiger partial charge in [-0.1, -0.05) is 18.2 Å². The second kappa shape index (κ2) is 8.90. The van der Waals surface area contributed by atoms with Crippen molar-refractivity contribution in [2.24, 2.45) is 0 Å². The van der Waals surface area contributed by atoms with Crippen LogP contribution >= 0.6 is 0 Å². The molecule has 8 heteroatoms. The molecule has 3 heterocycles. The Morgan fingerprint density at radius 3 is 2.47 bits per heavy atom. The molecule has 0 aliphatic carbocycles. The molecule has 0 radical (unpaired) electrons. The molecule has 2 amide bonds. The lowest BCUT2D eigenvalue weighted by atomic mass is 9.95. The molecule has 172 valence electrons. The van der Waals surface area contributed by atoms with Gasteiger partial charge in [-0.05, 0) is 30.7 Å². The predicted molar refractivity (Wildman–Crippen MR) is 128 cm³/mol. The Morgan fingerprint density at radius 2 is 1.74 bits per heavy atom. The van der Waals surface area contributed by atoms with E-state index < -0.39 is 11.8 Å². The summed E-state index contributed by atoms with van der Waals surface area (Å²) in [5, 5.41) is 3.31. The summed E-state index contributed by atoms with van der Waals surface area (Å²) in [6.45, 7) is 1.55. The Hall–Kier alpha value is -4.33. The third-order valence-corrected chi connectivity index (χ3v) is 6.04. The van der Waals surface area contributed by atoms with E-state index in [-0.39, 0.29) is 0 Å². The van der Waals surface area contributed by atoms with Crippen molar-refractivity contribution in [1.29, 1.82) is 0 Å². The number of imidazole rings is 1. The highest BCUT2D eigenvalue weighted by atomic mass is 16.5. The van der Waals surface area contributed by atoms with Gasteiger partial charge in [0.25, 0.3) is 11.8 Å². The summed E-state index contributed by atoms with van der Waals surface area (Å²) in [6.07, 6.45) is 8.30. The van der Waals surface area contributed by atoms with Crippen LogP contribution in [0.3, 0.4) is 0 Å². The maximum atomic E-state index is 13.1. The van der Waals surface area contributed by atoms with E-state index >= 15 is 0 Å². The van der Waals surface area contributed by atoms with E-state index in [1.807, 2.05) is 47.3 Å². The summed E-state index contributed by atoms with van der Waals surface area (Å²) in [6, 6.07) is 13.0. The molecule has 0 fully saturated rings. The molecular weight excluding hydrogens is 432 g/mol. The van der Waals surface area contributed by atoms with Gasteiger partial charge in [0, 0.05) is 53.7 Å². The van der Waals surface area contributed by atoms with Gasteiger partial charge in [-0.2, -0.15) is 0 Å². The standard InChI is InChI=1S/C26H24N4O4/c1-33-17-8-9-21-19(14-17)20(15-30(21)12-5-11-29-13-10-27-16-29)24-23(25(31)28-26(24)32)18-6-3-4-7-22(18)34-2/h3-4,6-10,13-16H,5,11-12H2,1-2H3,(H,28,31,32). The SMILES string of the molecule is COc1ccc2c(c1)c(C1=C(c3ccccc3OC)C(=O)NC1=O)cn2CCCn1ccnc1. The second-order valence-corrected chi connectivity index (χ2v) is 8.01. The number of fused-ring (bicyclic) bond motifs is 1. The molecule has 0 spiro atoms. The lowest BCUT2D eigenvalue weighted by Crippen LogP contribution is -2.22. The van der Waals surface area contributed by atoms with Crippen LogP contribution in [0.5, 0.6) is 11.5 Å². The third-order valence-electron chi connectivity index (χ3n) is 6.04. The van der Waals surface area contributed by atoms with E-state index in [2.05, 4.69) is 14.9 Å². The van der Waals surface area contributed by atoms with Crippen LogP contribution in [0.4, 0.5) is 0 Å². The molecular formula is C26H24N4O4. The minimum atomic E-state index is -0.437. The van der Waals surface area contributed by atoms with Crippen LogP contribution in [0.15, 0.2) is 67.4 Å². The van der Waals surface area contributed by atoms with Gasteiger partial charge in [-0.3, -0.25) is 14.9 Å². The fraction of sp³-hybridized carbons (Fsp3) is 0.192. The third kappa shape index (κ3) is 3.73. The zero-order chi connectivity index (χ0) is 23.7. The Balaban J connectivity index is 1.65. The molecule has 0 atom stereocenters. The number of rotatable bonds is 8. The van der Waals surface area contributed by atoms with Crippen molar-refractivity contribution >= 4 is 33.9 Å². The Bertz CT molecular complexity index is 1420. The number of benzene rings is 2. The molecule has 0 bridgehead atoms. The van der Waals surface area contributed by atoms with Crippen LogP contribution in [0.25, 0.3) is 22.0 Å². The first-order chi connectivity index (χ1) is 16.6. The van der Waals surface area contributed by atoms with Crippen LogP contribution in [0, 0.1) is 0 Å². The first-order valence-electron chi connectivity index (χ1n) is 11.0. The van der Waals surface area contributed by atoms with Crippen molar-refractivity contribution in [1.82, 2.24) is 19.4 Å². The molecule has 0 unspecified atom stereocenters. The smallest absolute Gasteiger partial charge is 0.259 e. The number of methoxy groups -OCH3 is 2. The summed E-state index contributed by atoms with van der Waals surface area (Å²) in [4.78, 5) is 30.1. The number of carbonyl (C=O) groups is 2. The zero-order valence-electron chi connectivity index (χ0n) is 18.9. The van der Waals surface area contributed by atoms with Crippen LogP contribution in [-0.4, -0.2) is 40.2 Å². The molecule has 1 N–H and O–H groups in total. The number of aromatic nitrogens is 3. The number of nitrogens with zero attached hydrogens (tertiary/aromatic N) is 3. The minimum absolute atomic E-state index is 0.308. The highest BCUT2D eigenvalue weighted by Gasteiger charge is 2.35. The Morgan fingerprint density at radius 1 is 0.941 bits per heavy atom. The summed E-state index contributed by atoms with van der Waals surface area (Å²) in [5.41, 5.74) is 2.86. The van der Waals surface area contributed by atoms with Crippen LogP contribution in [0.1, 0.15) is 17.5 Å². The van der Waals surface area contributed by atoms with Crippen molar-refractivity contribution in [3.8, 4) is 11.5 Å². The lowest BCUT2D eigenvalue weighted by Gasteiger charge is -2.09. The van der Waals surface area contributed by atoms with E-state index in [1.165, 1.54) is 0 Å². The molecule has 2 aromatic heterocycles. The van der Waals surface area contributed by atoms with Crippen molar-refractivity contribution in [2.45, 2.75) is 19.5 Å². The molecule has 1 aliphatic heterocycles. The average Bonchev–Trinajstić information content (AvgIpc) is 3.56. The summed E-state index contributed by atoms with van der Waals surface area (Å²) < 4.78 is 15.1. The largest absolute Gasteiger partial charge is 0.497 e. The average molecular weight is 457 g/mol. The highest BCUT2D eigenvalue weighted by molar-refractivity contribution is 6.50. The molecule has 2 aromatic carbocycles. The molecule has 0 saturated carbocycles. The molecule has 34 heavy (non-hydrogen) atoms. The Kier molecular flexibility index (Phi) is 5.63. The summed E-state index contributed by atoms with van der Waals surface area (Å²) in [7, 11) is 3.15. The number of para-hydroxylation sites is 1. The lowest BCUT2D eigenvalue weighted by molar-refractivity contribution is -0.122. The highest BCUT2D eigenvalue weighted by Crippen LogP contribution is 2.39. The van der Waals surface area contributed by atoms with Crippen molar-refractivity contribution in [3.05, 3.63) is 78.5 Å². The maximum absolute atomic E-state index is 13.1. The van der Waals surface area contributed by atoms with Gasteiger partial charge in [0.1, 0.15) is 11.5 Å². The quantitative estimate of drug-likeness (QED) is 0.410. The van der Waals surface area contributed by atoms with Gasteiger partial charge in [0.05, 0.1) is 31.7 Å². The van der Waals surface area contributed by atoms with Crippen LogP contribution in [0.2, 0.25) is 0 Å². The normalized spacial score (nSPS) is 13.6. The number of hydrogen-bond donors (Lipinski definition) is 1. The first kappa shape index (κ1) is 21.5. The molecule has 1 aliphatic rings. The zero-order valence-corrected chi connectivity index (χ0v) is 18.9. The minimum Gasteiger partial charge on any atom is -0.497 e. The molecule has 5 rings (SSSR count). The summed E-state index contributed by atoms with van der Waals surface area (Å²) in [5.74, 6) is 0.343. The number of aryl methyl sites for hydroxylation is 2. The van der Waals surface area contributed by atoms with Crippen molar-refractivity contribution in [3.63, 3.8) is 0 Å². The fourth-order valence-electron chi connectivity index (χ4n) is 4.45. The monoisotopic (exact) mass is 456 g/mol. The van der Waals surface area contributed by atoms with Gasteiger partial charge < -0.3 is 18.6 Å². The van der Waals surface area contributed by atoms with Gasteiger partial charge in [-0.15, -0.1) is 0 Å². The summed E-state index contributed by atoms with van der Waals surface area (Å²) >= 11 is 0. The topological polar surface area (TPSA) is 87.4 Å². The first-order valence-corrected chi connectivity index (χ1v) is 11.0. The predicted octanol–water partition coefficient (Wildman–Crippen LogP) is 3.51. The van der Waals surface area contributed by atoms with Crippen molar-refractivity contribution < 1.29 is 19.1 Å². The van der Waals surface area contributed by atoms with Gasteiger partial charge in [0.2, 0.25) is 0 Å². The van der Waals surface area contributed by atoms with E-state index in [9.17, 15) is 9.59 Å². The van der Waals surface area contributed by atoms with E-state index in [1.54, 1.807) is 38.9 Å². The van der Waals surface area contributed by atoms with E-state index in [0.29, 0.717) is 33.8 Å². The van der Waals surface area contributed by atoms with Gasteiger partial charge >= 0.3 is 0 Å².